The first-order valence-electron chi connectivity index (χ1n) is 7.70. The lowest BCUT2D eigenvalue weighted by Gasteiger charge is -2.38. The van der Waals surface area contributed by atoms with Gasteiger partial charge in [0, 0.05) is 38.3 Å². The third kappa shape index (κ3) is 3.47. The topological polar surface area (TPSA) is 35.6 Å². The van der Waals surface area contributed by atoms with Crippen molar-refractivity contribution in [1.29, 1.82) is 0 Å². The molecule has 1 fully saturated rings. The molecule has 2 heterocycles. The van der Waals surface area contributed by atoms with Gasteiger partial charge >= 0.3 is 6.03 Å². The molecule has 1 atom stereocenters. The number of thiophene rings is 1. The zero-order valence-electron chi connectivity index (χ0n) is 12.5. The maximum Gasteiger partial charge on any atom is 0.317 e. The molecule has 1 aliphatic heterocycles. The molecule has 2 amide bonds. The second-order valence-corrected chi connectivity index (χ2v) is 6.62. The molecule has 0 aromatic carbocycles. The smallest absolute Gasteiger partial charge is 0.317 e. The molecule has 2 aliphatic rings. The van der Waals surface area contributed by atoms with Crippen LogP contribution in [0.4, 0.5) is 4.79 Å². The SMILES string of the molecule is C[C@@H](c1ccsc1)N1CCN(C(=O)NC2CC=CC2)CC1. The average Bonchev–Trinajstić information content (AvgIpc) is 3.20. The van der Waals surface area contributed by atoms with E-state index in [0.29, 0.717) is 12.1 Å². The summed E-state index contributed by atoms with van der Waals surface area (Å²) >= 11 is 1.75. The first kappa shape index (κ1) is 14.6. The number of nitrogens with one attached hydrogen (secondary N) is 1. The minimum absolute atomic E-state index is 0.103. The Kier molecular flexibility index (Phi) is 4.60. The third-order valence-corrected chi connectivity index (χ3v) is 5.21. The van der Waals surface area contributed by atoms with Gasteiger partial charge in [-0.05, 0) is 42.2 Å². The molecule has 0 radical (unpaired) electrons. The van der Waals surface area contributed by atoms with Crippen molar-refractivity contribution >= 4 is 17.4 Å². The number of rotatable bonds is 3. The van der Waals surface area contributed by atoms with E-state index in [2.05, 4.69) is 46.1 Å². The van der Waals surface area contributed by atoms with Crippen molar-refractivity contribution in [2.45, 2.75) is 31.8 Å². The molecular weight excluding hydrogens is 282 g/mol. The highest BCUT2D eigenvalue weighted by atomic mass is 32.1. The van der Waals surface area contributed by atoms with Crippen LogP contribution in [0.25, 0.3) is 0 Å². The Balaban J connectivity index is 1.47. The standard InChI is InChI=1S/C16H23N3OS/c1-13(14-6-11-21-12-14)18-7-9-19(10-8-18)16(20)17-15-4-2-3-5-15/h2-3,6,11-13,15H,4-5,7-10H2,1H3,(H,17,20)/t13-/m0/s1. The lowest BCUT2D eigenvalue weighted by atomic mass is 10.1. The zero-order valence-corrected chi connectivity index (χ0v) is 13.3. The average molecular weight is 305 g/mol. The predicted molar refractivity (Wildman–Crippen MR) is 86.6 cm³/mol. The highest BCUT2D eigenvalue weighted by Gasteiger charge is 2.26. The van der Waals surface area contributed by atoms with Gasteiger partial charge in [0.1, 0.15) is 0 Å². The van der Waals surface area contributed by atoms with E-state index in [-0.39, 0.29) is 6.03 Å². The molecule has 0 unspecified atom stereocenters. The Bertz CT molecular complexity index is 484. The quantitative estimate of drug-likeness (QED) is 0.872. The Morgan fingerprint density at radius 2 is 2.00 bits per heavy atom. The van der Waals surface area contributed by atoms with E-state index in [1.54, 1.807) is 11.3 Å². The Labute approximate surface area is 130 Å². The van der Waals surface area contributed by atoms with E-state index >= 15 is 0 Å². The van der Waals surface area contributed by atoms with Gasteiger partial charge in [0.25, 0.3) is 0 Å². The van der Waals surface area contributed by atoms with Crippen molar-refractivity contribution in [1.82, 2.24) is 15.1 Å². The molecular formula is C16H23N3OS. The van der Waals surface area contributed by atoms with Crippen molar-refractivity contribution in [3.63, 3.8) is 0 Å². The Morgan fingerprint density at radius 3 is 2.62 bits per heavy atom. The molecule has 114 valence electrons. The molecule has 4 nitrogen and oxygen atoms in total. The minimum atomic E-state index is 0.103. The van der Waals surface area contributed by atoms with Crippen molar-refractivity contribution in [2.24, 2.45) is 0 Å². The fourth-order valence-electron chi connectivity index (χ4n) is 3.04. The molecule has 0 bridgehead atoms. The molecule has 1 saturated heterocycles. The summed E-state index contributed by atoms with van der Waals surface area (Å²) in [6, 6.07) is 3.05. The number of hydrogen-bond acceptors (Lipinski definition) is 3. The lowest BCUT2D eigenvalue weighted by Crippen LogP contribution is -2.53. The van der Waals surface area contributed by atoms with Crippen LogP contribution in [0.3, 0.4) is 0 Å². The number of amides is 2. The minimum Gasteiger partial charge on any atom is -0.335 e. The molecule has 0 saturated carbocycles. The Hall–Kier alpha value is -1.33. The summed E-state index contributed by atoms with van der Waals surface area (Å²) in [5.74, 6) is 0. The van der Waals surface area contributed by atoms with E-state index < -0.39 is 0 Å². The van der Waals surface area contributed by atoms with Crippen LogP contribution in [-0.2, 0) is 0 Å². The number of nitrogens with zero attached hydrogens (tertiary/aromatic N) is 2. The van der Waals surface area contributed by atoms with Crippen LogP contribution in [0, 0.1) is 0 Å². The number of urea groups is 1. The summed E-state index contributed by atoms with van der Waals surface area (Å²) in [5, 5.41) is 7.48. The van der Waals surface area contributed by atoms with Crippen LogP contribution >= 0.6 is 11.3 Å². The van der Waals surface area contributed by atoms with Gasteiger partial charge in [-0.15, -0.1) is 0 Å². The van der Waals surface area contributed by atoms with Crippen LogP contribution < -0.4 is 5.32 Å². The van der Waals surface area contributed by atoms with Gasteiger partial charge in [-0.1, -0.05) is 12.2 Å². The summed E-state index contributed by atoms with van der Waals surface area (Å²) < 4.78 is 0. The van der Waals surface area contributed by atoms with E-state index in [4.69, 9.17) is 0 Å². The monoisotopic (exact) mass is 305 g/mol. The number of carbonyl (C=O) groups is 1. The van der Waals surface area contributed by atoms with Gasteiger partial charge in [-0.2, -0.15) is 11.3 Å². The van der Waals surface area contributed by atoms with Gasteiger partial charge in [0.2, 0.25) is 0 Å². The van der Waals surface area contributed by atoms with Gasteiger partial charge in [-0.3, -0.25) is 4.90 Å². The largest absolute Gasteiger partial charge is 0.335 e. The second-order valence-electron chi connectivity index (χ2n) is 5.84. The van der Waals surface area contributed by atoms with Crippen molar-refractivity contribution < 1.29 is 4.79 Å². The van der Waals surface area contributed by atoms with Crippen molar-refractivity contribution in [3.05, 3.63) is 34.5 Å². The highest BCUT2D eigenvalue weighted by molar-refractivity contribution is 7.07. The van der Waals surface area contributed by atoms with Gasteiger partial charge in [0.15, 0.2) is 0 Å². The third-order valence-electron chi connectivity index (χ3n) is 4.51. The second kappa shape index (κ2) is 6.62. The molecule has 1 aliphatic carbocycles. The van der Waals surface area contributed by atoms with Gasteiger partial charge in [-0.25, -0.2) is 4.79 Å². The molecule has 21 heavy (non-hydrogen) atoms. The zero-order chi connectivity index (χ0) is 14.7. The van der Waals surface area contributed by atoms with E-state index in [1.807, 2.05) is 4.90 Å². The summed E-state index contributed by atoms with van der Waals surface area (Å²) in [6.45, 7) is 5.80. The number of hydrogen-bond donors (Lipinski definition) is 1. The molecule has 1 N–H and O–H groups in total. The maximum absolute atomic E-state index is 12.2. The van der Waals surface area contributed by atoms with Crippen LogP contribution in [-0.4, -0.2) is 48.1 Å². The van der Waals surface area contributed by atoms with Gasteiger partial charge < -0.3 is 10.2 Å². The first-order valence-corrected chi connectivity index (χ1v) is 8.65. The molecule has 1 aromatic heterocycles. The summed E-state index contributed by atoms with van der Waals surface area (Å²) in [4.78, 5) is 16.6. The fourth-order valence-corrected chi connectivity index (χ4v) is 3.78. The lowest BCUT2D eigenvalue weighted by molar-refractivity contribution is 0.113. The van der Waals surface area contributed by atoms with E-state index in [9.17, 15) is 4.79 Å². The normalized spacial score (nSPS) is 21.7. The Morgan fingerprint density at radius 1 is 1.29 bits per heavy atom. The van der Waals surface area contributed by atoms with Crippen LogP contribution in [0.15, 0.2) is 29.0 Å². The molecule has 1 aromatic rings. The highest BCUT2D eigenvalue weighted by Crippen LogP contribution is 2.23. The maximum atomic E-state index is 12.2. The molecule has 5 heteroatoms. The summed E-state index contributed by atoms with van der Waals surface area (Å²) in [6.07, 6.45) is 6.23. The van der Waals surface area contributed by atoms with Crippen molar-refractivity contribution in [2.75, 3.05) is 26.2 Å². The van der Waals surface area contributed by atoms with E-state index in [0.717, 1.165) is 39.0 Å². The van der Waals surface area contributed by atoms with E-state index in [1.165, 1.54) is 5.56 Å². The molecule has 3 rings (SSSR count). The predicted octanol–water partition coefficient (Wildman–Crippen LogP) is 2.85. The van der Waals surface area contributed by atoms with Crippen molar-refractivity contribution in [3.8, 4) is 0 Å². The van der Waals surface area contributed by atoms with Crippen LogP contribution in [0.5, 0.6) is 0 Å². The number of piperazine rings is 1. The first-order chi connectivity index (χ1) is 10.2. The van der Waals surface area contributed by atoms with Gasteiger partial charge in [0.05, 0.1) is 0 Å². The fraction of sp³-hybridized carbons (Fsp3) is 0.562. The van der Waals surface area contributed by atoms with Crippen LogP contribution in [0.1, 0.15) is 31.4 Å². The summed E-state index contributed by atoms with van der Waals surface area (Å²) in [7, 11) is 0. The number of carbonyl (C=O) groups excluding carboxylic acids is 1. The van der Waals surface area contributed by atoms with Crippen LogP contribution in [0.2, 0.25) is 0 Å². The summed E-state index contributed by atoms with van der Waals surface area (Å²) in [5.41, 5.74) is 1.38. The molecule has 0 spiro atoms.